The number of rotatable bonds is 8. The number of hydrogen-bond donors (Lipinski definition) is 2. The second kappa shape index (κ2) is 11.1. The molecule has 2 N–H and O–H groups in total. The highest BCUT2D eigenvalue weighted by Crippen LogP contribution is 2.18. The average molecular weight is 376 g/mol. The Kier molecular flexibility index (Phi) is 8.85. The number of hydrogen-bond acceptors (Lipinski definition) is 4. The maximum Gasteiger partial charge on any atom is 0.191 e. The first-order valence-electron chi connectivity index (χ1n) is 10.4. The molecule has 1 fully saturated rings. The number of pyridine rings is 1. The van der Waals surface area contributed by atoms with E-state index in [1.54, 1.807) is 0 Å². The van der Waals surface area contributed by atoms with E-state index in [0.717, 1.165) is 43.5 Å². The third-order valence-electron chi connectivity index (χ3n) is 5.03. The maximum absolute atomic E-state index is 5.80. The van der Waals surface area contributed by atoms with Gasteiger partial charge in [0.05, 0.1) is 18.8 Å². The Labute approximate surface area is 164 Å². The molecule has 0 amide bonds. The highest BCUT2D eigenvalue weighted by Gasteiger charge is 2.22. The standard InChI is InChI=1S/C21H37N5O/c1-6-18(7-2)11-24-21(22-8-3)25-13-19-9-10-20(23-12-19)26-14-16(4)27-17(5)15-26/h9-10,12,16-18H,6-8,11,13-15H2,1-5H3,(H2,22,24,25). The molecule has 27 heavy (non-hydrogen) atoms. The number of anilines is 1. The van der Waals surface area contributed by atoms with Crippen LogP contribution in [0.1, 0.15) is 53.0 Å². The largest absolute Gasteiger partial charge is 0.372 e. The number of aromatic nitrogens is 1. The molecule has 2 heterocycles. The predicted octanol–water partition coefficient (Wildman–Crippen LogP) is 3.19. The Bertz CT molecular complexity index is 560. The molecule has 0 spiro atoms. The number of ether oxygens (including phenoxy) is 1. The summed E-state index contributed by atoms with van der Waals surface area (Å²) in [5.41, 5.74) is 1.12. The quantitative estimate of drug-likeness (QED) is 0.540. The minimum absolute atomic E-state index is 0.239. The lowest BCUT2D eigenvalue weighted by Gasteiger charge is -2.36. The highest BCUT2D eigenvalue weighted by molar-refractivity contribution is 5.79. The zero-order valence-electron chi connectivity index (χ0n) is 17.7. The number of guanidine groups is 1. The normalized spacial score (nSPS) is 20.8. The van der Waals surface area contributed by atoms with Crippen LogP contribution in [0.5, 0.6) is 0 Å². The van der Waals surface area contributed by atoms with E-state index in [9.17, 15) is 0 Å². The second-order valence-electron chi connectivity index (χ2n) is 7.45. The Morgan fingerprint density at radius 2 is 1.89 bits per heavy atom. The van der Waals surface area contributed by atoms with Crippen LogP contribution in [0.4, 0.5) is 5.82 Å². The summed E-state index contributed by atoms with van der Waals surface area (Å²) >= 11 is 0. The van der Waals surface area contributed by atoms with Crippen molar-refractivity contribution in [3.05, 3.63) is 23.9 Å². The third-order valence-corrected chi connectivity index (χ3v) is 5.03. The van der Waals surface area contributed by atoms with Gasteiger partial charge in [0.25, 0.3) is 0 Å². The van der Waals surface area contributed by atoms with Crippen molar-refractivity contribution in [3.63, 3.8) is 0 Å². The SMILES string of the molecule is CCNC(=NCc1ccc(N2CC(C)OC(C)C2)nc1)NCC(CC)CC. The van der Waals surface area contributed by atoms with Crippen molar-refractivity contribution in [1.29, 1.82) is 0 Å². The topological polar surface area (TPSA) is 61.8 Å². The summed E-state index contributed by atoms with van der Waals surface area (Å²) in [4.78, 5) is 11.7. The molecule has 1 aliphatic rings. The molecule has 0 saturated carbocycles. The molecule has 2 unspecified atom stereocenters. The Hall–Kier alpha value is -1.82. The lowest BCUT2D eigenvalue weighted by Crippen LogP contribution is -2.45. The van der Waals surface area contributed by atoms with Gasteiger partial charge in [-0.2, -0.15) is 0 Å². The minimum Gasteiger partial charge on any atom is -0.372 e. The zero-order chi connectivity index (χ0) is 19.6. The summed E-state index contributed by atoms with van der Waals surface area (Å²) in [5, 5.41) is 6.79. The lowest BCUT2D eigenvalue weighted by atomic mass is 10.0. The predicted molar refractivity (Wildman–Crippen MR) is 113 cm³/mol. The minimum atomic E-state index is 0.239. The fourth-order valence-electron chi connectivity index (χ4n) is 3.39. The van der Waals surface area contributed by atoms with Gasteiger partial charge in [-0.05, 0) is 38.3 Å². The van der Waals surface area contributed by atoms with E-state index >= 15 is 0 Å². The van der Waals surface area contributed by atoms with Crippen LogP contribution in [0.15, 0.2) is 23.3 Å². The summed E-state index contributed by atoms with van der Waals surface area (Å²) in [5.74, 6) is 2.58. The fourth-order valence-corrected chi connectivity index (χ4v) is 3.39. The van der Waals surface area contributed by atoms with Crippen molar-refractivity contribution >= 4 is 11.8 Å². The van der Waals surface area contributed by atoms with E-state index in [-0.39, 0.29) is 12.2 Å². The van der Waals surface area contributed by atoms with Gasteiger partial charge in [-0.1, -0.05) is 32.8 Å². The molecule has 2 rings (SSSR count). The summed E-state index contributed by atoms with van der Waals surface area (Å²) < 4.78 is 5.80. The van der Waals surface area contributed by atoms with Crippen molar-refractivity contribution in [1.82, 2.24) is 15.6 Å². The highest BCUT2D eigenvalue weighted by atomic mass is 16.5. The zero-order valence-corrected chi connectivity index (χ0v) is 17.7. The van der Waals surface area contributed by atoms with E-state index in [4.69, 9.17) is 9.73 Å². The van der Waals surface area contributed by atoms with Crippen LogP contribution >= 0.6 is 0 Å². The van der Waals surface area contributed by atoms with Gasteiger partial charge in [0.1, 0.15) is 5.82 Å². The first kappa shape index (κ1) is 21.5. The van der Waals surface area contributed by atoms with Gasteiger partial charge in [0.2, 0.25) is 0 Å². The van der Waals surface area contributed by atoms with Gasteiger partial charge in [-0.3, -0.25) is 0 Å². The molecule has 6 nitrogen and oxygen atoms in total. The Morgan fingerprint density at radius 1 is 1.19 bits per heavy atom. The molecule has 0 aliphatic carbocycles. The second-order valence-corrected chi connectivity index (χ2v) is 7.45. The van der Waals surface area contributed by atoms with E-state index in [1.807, 2.05) is 6.20 Å². The maximum atomic E-state index is 5.80. The number of aliphatic imine (C=N–C) groups is 1. The first-order valence-corrected chi connectivity index (χ1v) is 10.4. The van der Waals surface area contributed by atoms with Crippen LogP contribution in [0.25, 0.3) is 0 Å². The van der Waals surface area contributed by atoms with E-state index < -0.39 is 0 Å². The molecule has 1 aromatic rings. The van der Waals surface area contributed by atoms with E-state index in [1.165, 1.54) is 12.8 Å². The van der Waals surface area contributed by atoms with Gasteiger partial charge in [0.15, 0.2) is 5.96 Å². The van der Waals surface area contributed by atoms with Crippen molar-refractivity contribution in [2.24, 2.45) is 10.9 Å². The summed E-state index contributed by atoms with van der Waals surface area (Å²) in [6.45, 7) is 15.0. The van der Waals surface area contributed by atoms with Crippen LogP contribution in [0.3, 0.4) is 0 Å². The van der Waals surface area contributed by atoms with E-state index in [2.05, 4.69) is 67.3 Å². The summed E-state index contributed by atoms with van der Waals surface area (Å²) in [6, 6.07) is 4.22. The van der Waals surface area contributed by atoms with Crippen molar-refractivity contribution in [2.75, 3.05) is 31.1 Å². The molecule has 6 heteroatoms. The first-order chi connectivity index (χ1) is 13.0. The van der Waals surface area contributed by atoms with E-state index in [0.29, 0.717) is 12.5 Å². The van der Waals surface area contributed by atoms with Crippen molar-refractivity contribution in [2.45, 2.75) is 66.2 Å². The molecule has 0 bridgehead atoms. The lowest BCUT2D eigenvalue weighted by molar-refractivity contribution is -0.00545. The van der Waals surface area contributed by atoms with Crippen LogP contribution < -0.4 is 15.5 Å². The average Bonchev–Trinajstić information content (AvgIpc) is 2.66. The van der Waals surface area contributed by atoms with Crippen LogP contribution in [0.2, 0.25) is 0 Å². The molecule has 1 aliphatic heterocycles. The van der Waals surface area contributed by atoms with Crippen LogP contribution in [-0.4, -0.2) is 49.3 Å². The number of nitrogens with zero attached hydrogens (tertiary/aromatic N) is 3. The number of morpholine rings is 1. The molecular weight excluding hydrogens is 338 g/mol. The van der Waals surface area contributed by atoms with Gasteiger partial charge >= 0.3 is 0 Å². The molecule has 1 saturated heterocycles. The molecule has 152 valence electrons. The molecule has 2 atom stereocenters. The smallest absolute Gasteiger partial charge is 0.191 e. The van der Waals surface area contributed by atoms with Gasteiger partial charge in [-0.25, -0.2) is 9.98 Å². The Morgan fingerprint density at radius 3 is 2.44 bits per heavy atom. The van der Waals surface area contributed by atoms with Crippen LogP contribution in [-0.2, 0) is 11.3 Å². The van der Waals surface area contributed by atoms with Crippen molar-refractivity contribution < 1.29 is 4.74 Å². The number of nitrogens with one attached hydrogen (secondary N) is 2. The monoisotopic (exact) mass is 375 g/mol. The van der Waals surface area contributed by atoms with Gasteiger partial charge in [-0.15, -0.1) is 0 Å². The van der Waals surface area contributed by atoms with Gasteiger partial charge < -0.3 is 20.3 Å². The van der Waals surface area contributed by atoms with Gasteiger partial charge in [0, 0.05) is 32.4 Å². The fraction of sp³-hybridized carbons (Fsp3) is 0.714. The molecule has 1 aromatic heterocycles. The molecule has 0 aromatic carbocycles. The molecular formula is C21H37N5O. The van der Waals surface area contributed by atoms with Crippen LogP contribution in [0, 0.1) is 5.92 Å². The van der Waals surface area contributed by atoms with Crippen molar-refractivity contribution in [3.8, 4) is 0 Å². The summed E-state index contributed by atoms with van der Waals surface area (Å²) in [6.07, 6.45) is 4.79. The summed E-state index contributed by atoms with van der Waals surface area (Å²) in [7, 11) is 0. The third kappa shape index (κ3) is 7.01. The molecule has 0 radical (unpaired) electrons. The Balaban J connectivity index is 1.94.